The number of nitrogens with one attached hydrogen (secondary N) is 1. The monoisotopic (exact) mass is 429 g/mol. The first-order valence-corrected chi connectivity index (χ1v) is 10.2. The molecule has 0 spiro atoms. The Hall–Kier alpha value is -2.77. The number of anilines is 1. The van der Waals surface area contributed by atoms with Crippen molar-refractivity contribution in [2.75, 3.05) is 18.0 Å². The Morgan fingerprint density at radius 3 is 2.50 bits per heavy atom. The van der Waals surface area contributed by atoms with Crippen LogP contribution in [0.1, 0.15) is 29.6 Å². The molecule has 2 fully saturated rings. The van der Waals surface area contributed by atoms with Gasteiger partial charge in [-0.15, -0.1) is 0 Å². The summed E-state index contributed by atoms with van der Waals surface area (Å²) in [5, 5.41) is 3.74. The van der Waals surface area contributed by atoms with Gasteiger partial charge in [0.1, 0.15) is 5.82 Å². The zero-order valence-corrected chi connectivity index (χ0v) is 16.9. The maximum atomic E-state index is 13.4. The van der Waals surface area contributed by atoms with Crippen molar-refractivity contribution >= 4 is 35.0 Å². The van der Waals surface area contributed by atoms with Gasteiger partial charge in [0, 0.05) is 29.7 Å². The summed E-state index contributed by atoms with van der Waals surface area (Å²) in [5.74, 6) is -1.20. The van der Waals surface area contributed by atoms with E-state index >= 15 is 0 Å². The molecule has 156 valence electrons. The maximum absolute atomic E-state index is 13.4. The van der Waals surface area contributed by atoms with Gasteiger partial charge in [-0.25, -0.2) is 9.29 Å². The first kappa shape index (κ1) is 20.5. The molecule has 2 aliphatic rings. The number of likely N-dealkylation sites (tertiary alicyclic amines) is 1. The molecule has 0 radical (unpaired) electrons. The maximum Gasteiger partial charge on any atom is 0.253 e. The summed E-state index contributed by atoms with van der Waals surface area (Å²) >= 11 is 5.98. The summed E-state index contributed by atoms with van der Waals surface area (Å²) in [6.07, 6.45) is 1.39. The largest absolute Gasteiger partial charge is 0.339 e. The zero-order chi connectivity index (χ0) is 21.3. The van der Waals surface area contributed by atoms with Crippen molar-refractivity contribution in [3.63, 3.8) is 0 Å². The van der Waals surface area contributed by atoms with Gasteiger partial charge in [-0.1, -0.05) is 23.7 Å². The van der Waals surface area contributed by atoms with Gasteiger partial charge in [0.25, 0.3) is 11.8 Å². The number of carbonyl (C=O) groups is 3. The minimum Gasteiger partial charge on any atom is -0.339 e. The molecule has 1 N–H and O–H groups in total. The minimum atomic E-state index is -0.591. The highest BCUT2D eigenvalue weighted by Crippen LogP contribution is 2.26. The molecule has 2 aliphatic heterocycles. The lowest BCUT2D eigenvalue weighted by Crippen LogP contribution is -2.49. The zero-order valence-electron chi connectivity index (χ0n) is 16.2. The number of hydrogen-bond donors (Lipinski definition) is 1. The summed E-state index contributed by atoms with van der Waals surface area (Å²) < 4.78 is 13.4. The summed E-state index contributed by atoms with van der Waals surface area (Å²) in [6.45, 7) is 1.000. The number of halogens is 2. The highest BCUT2D eigenvalue weighted by atomic mass is 35.5. The molecule has 1 atom stereocenters. The van der Waals surface area contributed by atoms with Crippen LogP contribution in [0.4, 0.5) is 10.1 Å². The SMILES string of the molecule is O=C(c1cccc(F)c1)N1CCC(NC2CC(=O)N(c3cccc(Cl)c3)C2=O)CC1. The summed E-state index contributed by atoms with van der Waals surface area (Å²) in [6, 6.07) is 11.7. The summed E-state index contributed by atoms with van der Waals surface area (Å²) in [5.41, 5.74) is 0.799. The molecular formula is C22H21ClFN3O3. The molecule has 8 heteroatoms. The van der Waals surface area contributed by atoms with Crippen molar-refractivity contribution in [2.24, 2.45) is 0 Å². The Morgan fingerprint density at radius 1 is 1.07 bits per heavy atom. The quantitative estimate of drug-likeness (QED) is 0.758. The second-order valence-electron chi connectivity index (χ2n) is 7.55. The van der Waals surface area contributed by atoms with Gasteiger partial charge in [0.2, 0.25) is 5.91 Å². The summed E-state index contributed by atoms with van der Waals surface area (Å²) in [4.78, 5) is 40.6. The average Bonchev–Trinajstić information content (AvgIpc) is 3.01. The molecule has 2 heterocycles. The van der Waals surface area contributed by atoms with E-state index in [0.29, 0.717) is 42.2 Å². The highest BCUT2D eigenvalue weighted by Gasteiger charge is 2.40. The Kier molecular flexibility index (Phi) is 5.83. The van der Waals surface area contributed by atoms with Crippen molar-refractivity contribution in [1.82, 2.24) is 10.2 Å². The van der Waals surface area contributed by atoms with Crippen LogP contribution in [0, 0.1) is 5.82 Å². The molecule has 2 aromatic carbocycles. The highest BCUT2D eigenvalue weighted by molar-refractivity contribution is 6.31. The third-order valence-corrected chi connectivity index (χ3v) is 5.74. The first-order valence-electron chi connectivity index (χ1n) is 9.85. The molecule has 2 saturated heterocycles. The van der Waals surface area contributed by atoms with Gasteiger partial charge in [0.15, 0.2) is 0 Å². The smallest absolute Gasteiger partial charge is 0.253 e. The standard InChI is InChI=1S/C22H21ClFN3O3/c23-15-4-2-6-18(12-15)27-20(28)13-19(22(27)30)25-17-7-9-26(10-8-17)21(29)14-3-1-5-16(24)11-14/h1-6,11-12,17,19,25H,7-10,13H2. The number of amides is 3. The van der Waals surface area contributed by atoms with E-state index in [1.165, 1.54) is 23.1 Å². The first-order chi connectivity index (χ1) is 14.4. The van der Waals surface area contributed by atoms with Crippen LogP contribution in [-0.2, 0) is 9.59 Å². The molecule has 3 amide bonds. The second kappa shape index (κ2) is 8.53. The fourth-order valence-corrected chi connectivity index (χ4v) is 4.17. The molecule has 0 bridgehead atoms. The molecule has 30 heavy (non-hydrogen) atoms. The third-order valence-electron chi connectivity index (χ3n) is 5.50. The van der Waals surface area contributed by atoms with Crippen LogP contribution >= 0.6 is 11.6 Å². The number of nitrogens with zero attached hydrogens (tertiary/aromatic N) is 2. The number of rotatable bonds is 4. The van der Waals surface area contributed by atoms with Crippen molar-refractivity contribution in [3.05, 3.63) is 64.9 Å². The lowest BCUT2D eigenvalue weighted by molar-refractivity contribution is -0.121. The number of hydrogen-bond acceptors (Lipinski definition) is 4. The van der Waals surface area contributed by atoms with Gasteiger partial charge in [-0.3, -0.25) is 14.4 Å². The van der Waals surface area contributed by atoms with Crippen molar-refractivity contribution < 1.29 is 18.8 Å². The third kappa shape index (κ3) is 4.22. The fraction of sp³-hybridized carbons (Fsp3) is 0.318. The van der Waals surface area contributed by atoms with Gasteiger partial charge in [-0.05, 0) is 49.2 Å². The van der Waals surface area contributed by atoms with E-state index in [1.807, 2.05) is 0 Å². The second-order valence-corrected chi connectivity index (χ2v) is 7.98. The van der Waals surface area contributed by atoms with Crippen LogP contribution in [0.2, 0.25) is 5.02 Å². The number of piperidine rings is 1. The Morgan fingerprint density at radius 2 is 1.80 bits per heavy atom. The van der Waals surface area contributed by atoms with Gasteiger partial charge < -0.3 is 10.2 Å². The minimum absolute atomic E-state index is 0.0163. The van der Waals surface area contributed by atoms with Gasteiger partial charge in [-0.2, -0.15) is 0 Å². The molecule has 6 nitrogen and oxygen atoms in total. The van der Waals surface area contributed by atoms with Crippen LogP contribution in [0.25, 0.3) is 0 Å². The van der Waals surface area contributed by atoms with Gasteiger partial charge >= 0.3 is 0 Å². The lowest BCUT2D eigenvalue weighted by Gasteiger charge is -2.33. The molecule has 0 aliphatic carbocycles. The lowest BCUT2D eigenvalue weighted by atomic mass is 10.0. The van der Waals surface area contributed by atoms with Crippen molar-refractivity contribution in [3.8, 4) is 0 Å². The Bertz CT molecular complexity index is 991. The fourth-order valence-electron chi connectivity index (χ4n) is 3.99. The van der Waals surface area contributed by atoms with Crippen LogP contribution in [0.3, 0.4) is 0 Å². The molecular weight excluding hydrogens is 409 g/mol. The molecule has 0 saturated carbocycles. The van der Waals surface area contributed by atoms with Gasteiger partial charge in [0.05, 0.1) is 18.2 Å². The predicted octanol–water partition coefficient (Wildman–Crippen LogP) is 3.01. The number of carbonyl (C=O) groups excluding carboxylic acids is 3. The number of imide groups is 1. The molecule has 0 aromatic heterocycles. The van der Waals surface area contributed by atoms with Crippen LogP contribution in [-0.4, -0.2) is 47.8 Å². The molecule has 2 aromatic rings. The van der Waals surface area contributed by atoms with E-state index in [1.54, 1.807) is 35.2 Å². The van der Waals surface area contributed by atoms with E-state index in [0.717, 1.165) is 0 Å². The average molecular weight is 430 g/mol. The Labute approximate surface area is 178 Å². The predicted molar refractivity (Wildman–Crippen MR) is 111 cm³/mol. The topological polar surface area (TPSA) is 69.7 Å². The van der Waals surface area contributed by atoms with Crippen LogP contribution in [0.15, 0.2) is 48.5 Å². The van der Waals surface area contributed by atoms with E-state index in [4.69, 9.17) is 11.6 Å². The van der Waals surface area contributed by atoms with Crippen LogP contribution < -0.4 is 10.2 Å². The van der Waals surface area contributed by atoms with Crippen LogP contribution in [0.5, 0.6) is 0 Å². The van der Waals surface area contributed by atoms with Crippen molar-refractivity contribution in [2.45, 2.75) is 31.3 Å². The van der Waals surface area contributed by atoms with E-state index < -0.39 is 11.9 Å². The van der Waals surface area contributed by atoms with Crippen molar-refractivity contribution in [1.29, 1.82) is 0 Å². The normalized spacial score (nSPS) is 20.1. The summed E-state index contributed by atoms with van der Waals surface area (Å²) in [7, 11) is 0. The number of benzene rings is 2. The Balaban J connectivity index is 1.35. The van der Waals surface area contributed by atoms with E-state index in [2.05, 4.69) is 5.32 Å². The molecule has 1 unspecified atom stereocenters. The van der Waals surface area contributed by atoms with E-state index in [9.17, 15) is 18.8 Å². The van der Waals surface area contributed by atoms with E-state index in [-0.39, 0.29) is 30.2 Å². The molecule has 4 rings (SSSR count).